The van der Waals surface area contributed by atoms with Crippen molar-refractivity contribution in [2.45, 2.75) is 32.4 Å². The van der Waals surface area contributed by atoms with Crippen LogP contribution in [0.2, 0.25) is 0 Å². The summed E-state index contributed by atoms with van der Waals surface area (Å²) in [6.07, 6.45) is 1.39. The van der Waals surface area contributed by atoms with Crippen molar-refractivity contribution in [3.63, 3.8) is 0 Å². The normalized spacial score (nSPS) is 12.1. The summed E-state index contributed by atoms with van der Waals surface area (Å²) in [4.78, 5) is 22.7. The van der Waals surface area contributed by atoms with E-state index in [1.54, 1.807) is 45.0 Å². The molecule has 0 aliphatic rings. The molecular formula is C23H24F3N5O3. The largest absolute Gasteiger partial charge is 0.497 e. The first-order valence-electron chi connectivity index (χ1n) is 10.2. The van der Waals surface area contributed by atoms with Gasteiger partial charge >= 0.3 is 6.03 Å². The van der Waals surface area contributed by atoms with Crippen LogP contribution in [0, 0.1) is 17.5 Å². The Bertz CT molecular complexity index is 1170. The third-order valence-electron chi connectivity index (χ3n) is 5.09. The molecule has 11 heteroatoms. The molecule has 3 rings (SSSR count). The van der Waals surface area contributed by atoms with Gasteiger partial charge in [0.1, 0.15) is 11.6 Å². The first kappa shape index (κ1) is 24.8. The SMILES string of the molecule is COc1ccc(N(C(=O)Nc2ccc(F)c(F)c2F)c2ccnc(N[C@@H](C)C(C)(C)O)n2)cc1. The quantitative estimate of drug-likeness (QED) is 0.423. The lowest BCUT2D eigenvalue weighted by Crippen LogP contribution is -2.40. The number of hydrogen-bond acceptors (Lipinski definition) is 6. The van der Waals surface area contributed by atoms with E-state index in [-0.39, 0.29) is 11.8 Å². The van der Waals surface area contributed by atoms with E-state index >= 15 is 0 Å². The number of anilines is 4. The summed E-state index contributed by atoms with van der Waals surface area (Å²) < 4.78 is 46.3. The molecule has 3 N–H and O–H groups in total. The number of amides is 2. The van der Waals surface area contributed by atoms with Gasteiger partial charge in [0.15, 0.2) is 17.5 Å². The average Bonchev–Trinajstić information content (AvgIpc) is 2.80. The fourth-order valence-electron chi connectivity index (χ4n) is 2.79. The van der Waals surface area contributed by atoms with Gasteiger partial charge in [0.25, 0.3) is 0 Å². The van der Waals surface area contributed by atoms with Crippen LogP contribution in [0.25, 0.3) is 0 Å². The molecule has 0 aliphatic heterocycles. The summed E-state index contributed by atoms with van der Waals surface area (Å²) >= 11 is 0. The number of aromatic nitrogens is 2. The molecule has 2 aromatic carbocycles. The van der Waals surface area contributed by atoms with Gasteiger partial charge in [0, 0.05) is 12.3 Å². The molecule has 0 aliphatic carbocycles. The zero-order chi connectivity index (χ0) is 25.0. The van der Waals surface area contributed by atoms with Crippen molar-refractivity contribution in [2.75, 3.05) is 22.6 Å². The van der Waals surface area contributed by atoms with E-state index in [2.05, 4.69) is 20.6 Å². The number of nitrogens with zero attached hydrogens (tertiary/aromatic N) is 3. The number of methoxy groups -OCH3 is 1. The van der Waals surface area contributed by atoms with E-state index in [1.165, 1.54) is 19.4 Å². The summed E-state index contributed by atoms with van der Waals surface area (Å²) in [5.74, 6) is -3.88. The van der Waals surface area contributed by atoms with Crippen LogP contribution in [0.1, 0.15) is 20.8 Å². The highest BCUT2D eigenvalue weighted by Gasteiger charge is 2.25. The maximum atomic E-state index is 14.2. The topological polar surface area (TPSA) is 99.6 Å². The third-order valence-corrected chi connectivity index (χ3v) is 5.09. The van der Waals surface area contributed by atoms with E-state index < -0.39 is 40.8 Å². The minimum absolute atomic E-state index is 0.0890. The average molecular weight is 475 g/mol. The van der Waals surface area contributed by atoms with Gasteiger partial charge < -0.3 is 20.5 Å². The molecule has 1 aromatic heterocycles. The van der Waals surface area contributed by atoms with Crippen molar-refractivity contribution in [1.82, 2.24) is 9.97 Å². The van der Waals surface area contributed by atoms with Crippen molar-refractivity contribution in [1.29, 1.82) is 0 Å². The van der Waals surface area contributed by atoms with Gasteiger partial charge in [-0.3, -0.25) is 0 Å². The molecule has 0 radical (unpaired) electrons. The number of hydrogen-bond donors (Lipinski definition) is 3. The van der Waals surface area contributed by atoms with Gasteiger partial charge in [-0.2, -0.15) is 4.98 Å². The van der Waals surface area contributed by atoms with Crippen LogP contribution in [0.5, 0.6) is 5.75 Å². The summed E-state index contributed by atoms with van der Waals surface area (Å²) in [5, 5.41) is 15.4. The van der Waals surface area contributed by atoms with Gasteiger partial charge in [-0.1, -0.05) is 0 Å². The second-order valence-electron chi connectivity index (χ2n) is 7.94. The van der Waals surface area contributed by atoms with E-state index in [1.807, 2.05) is 0 Å². The van der Waals surface area contributed by atoms with Crippen LogP contribution in [0.4, 0.5) is 41.1 Å². The Balaban J connectivity index is 2.00. The minimum atomic E-state index is -1.71. The molecule has 0 unspecified atom stereocenters. The van der Waals surface area contributed by atoms with Gasteiger partial charge in [-0.05, 0) is 57.2 Å². The van der Waals surface area contributed by atoms with Crippen molar-refractivity contribution >= 4 is 29.2 Å². The molecule has 2 amide bonds. The number of benzene rings is 2. The smallest absolute Gasteiger partial charge is 0.332 e. The summed E-state index contributed by atoms with van der Waals surface area (Å²) in [5.41, 5.74) is -1.32. The van der Waals surface area contributed by atoms with Crippen LogP contribution in [-0.4, -0.2) is 39.9 Å². The van der Waals surface area contributed by atoms with Crippen molar-refractivity contribution in [3.8, 4) is 5.75 Å². The number of halogens is 3. The van der Waals surface area contributed by atoms with E-state index in [0.717, 1.165) is 11.0 Å². The van der Waals surface area contributed by atoms with Gasteiger partial charge in [0.05, 0.1) is 30.1 Å². The molecule has 0 fully saturated rings. The predicted octanol–water partition coefficient (Wildman–Crippen LogP) is 4.84. The highest BCUT2D eigenvalue weighted by atomic mass is 19.2. The zero-order valence-corrected chi connectivity index (χ0v) is 18.9. The standard InChI is InChI=1S/C23H24F3N5O3/c1-13(23(2,3)33)28-21-27-12-11-18(30-21)31(14-5-7-15(34-4)8-6-14)22(32)29-17-10-9-16(24)19(25)20(17)26/h5-13,33H,1-4H3,(H,29,32)(H,27,28,30)/t13-/m0/s1. The number of rotatable bonds is 7. The van der Waals surface area contributed by atoms with Crippen molar-refractivity contribution < 1.29 is 27.8 Å². The molecule has 1 atom stereocenters. The second kappa shape index (κ2) is 9.96. The fraction of sp³-hybridized carbons (Fsp3) is 0.261. The van der Waals surface area contributed by atoms with E-state index in [9.17, 15) is 23.1 Å². The molecule has 0 saturated heterocycles. The lowest BCUT2D eigenvalue weighted by Gasteiger charge is -2.27. The molecular weight excluding hydrogens is 451 g/mol. The summed E-state index contributed by atoms with van der Waals surface area (Å²) in [6, 6.07) is 8.05. The maximum absolute atomic E-state index is 14.2. The number of carbonyl (C=O) groups is 1. The van der Waals surface area contributed by atoms with Crippen LogP contribution in [0.15, 0.2) is 48.7 Å². The van der Waals surface area contributed by atoms with Crippen LogP contribution >= 0.6 is 0 Å². The Morgan fingerprint density at radius 2 is 1.76 bits per heavy atom. The van der Waals surface area contributed by atoms with Crippen molar-refractivity contribution in [3.05, 3.63) is 66.1 Å². The minimum Gasteiger partial charge on any atom is -0.497 e. The molecule has 0 spiro atoms. The number of carbonyl (C=O) groups excluding carboxylic acids is 1. The molecule has 8 nitrogen and oxygen atoms in total. The zero-order valence-electron chi connectivity index (χ0n) is 18.9. The van der Waals surface area contributed by atoms with E-state index in [0.29, 0.717) is 17.5 Å². The third kappa shape index (κ3) is 5.54. The van der Waals surface area contributed by atoms with E-state index in [4.69, 9.17) is 4.74 Å². The fourth-order valence-corrected chi connectivity index (χ4v) is 2.79. The Hall–Kier alpha value is -3.86. The number of ether oxygens (including phenoxy) is 1. The molecule has 0 bridgehead atoms. The highest BCUT2D eigenvalue weighted by molar-refractivity contribution is 6.06. The number of urea groups is 1. The Kier molecular flexibility index (Phi) is 7.26. The van der Waals surface area contributed by atoms with Gasteiger partial charge in [-0.15, -0.1) is 0 Å². The Labute approximate surface area is 194 Å². The highest BCUT2D eigenvalue weighted by Crippen LogP contribution is 2.29. The molecule has 0 saturated carbocycles. The van der Waals surface area contributed by atoms with Crippen LogP contribution in [0.3, 0.4) is 0 Å². The van der Waals surface area contributed by atoms with Crippen molar-refractivity contribution in [2.24, 2.45) is 0 Å². The summed E-state index contributed by atoms with van der Waals surface area (Å²) in [7, 11) is 1.48. The monoisotopic (exact) mass is 475 g/mol. The first-order chi connectivity index (χ1) is 16.0. The summed E-state index contributed by atoms with van der Waals surface area (Å²) in [6.45, 7) is 4.96. The maximum Gasteiger partial charge on any atom is 0.332 e. The predicted molar refractivity (Wildman–Crippen MR) is 122 cm³/mol. The molecule has 180 valence electrons. The van der Waals surface area contributed by atoms with Crippen LogP contribution in [-0.2, 0) is 0 Å². The molecule has 34 heavy (non-hydrogen) atoms. The molecule has 3 aromatic rings. The Morgan fingerprint density at radius 1 is 1.09 bits per heavy atom. The Morgan fingerprint density at radius 3 is 2.38 bits per heavy atom. The lowest BCUT2D eigenvalue weighted by atomic mass is 10.0. The number of nitrogens with one attached hydrogen (secondary N) is 2. The second-order valence-corrected chi connectivity index (χ2v) is 7.94. The van der Waals surface area contributed by atoms with Gasteiger partial charge in [0.2, 0.25) is 5.95 Å². The van der Waals surface area contributed by atoms with Gasteiger partial charge in [-0.25, -0.2) is 27.8 Å². The molecule has 1 heterocycles. The lowest BCUT2D eigenvalue weighted by molar-refractivity contribution is 0.0646. The van der Waals surface area contributed by atoms with Crippen LogP contribution < -0.4 is 20.3 Å². The first-order valence-corrected chi connectivity index (χ1v) is 10.2. The number of aliphatic hydroxyl groups is 1.